The SMILES string of the molecule is CC(Sc1ccc([N+](=O)[O-])cc1)C(=O)NCCc1csc2ccccc12. The molecule has 2 aromatic carbocycles. The molecular weight excluding hydrogens is 368 g/mol. The number of fused-ring (bicyclic) bond motifs is 1. The molecule has 7 heteroatoms. The van der Waals surface area contributed by atoms with Crippen molar-refractivity contribution in [1.82, 2.24) is 5.32 Å². The van der Waals surface area contributed by atoms with Crippen molar-refractivity contribution in [3.8, 4) is 0 Å². The van der Waals surface area contributed by atoms with Crippen LogP contribution in [0.25, 0.3) is 10.1 Å². The average Bonchev–Trinajstić information content (AvgIpc) is 3.05. The zero-order chi connectivity index (χ0) is 18.5. The highest BCUT2D eigenvalue weighted by atomic mass is 32.2. The van der Waals surface area contributed by atoms with Gasteiger partial charge in [0, 0.05) is 28.3 Å². The lowest BCUT2D eigenvalue weighted by Crippen LogP contribution is -2.32. The number of nitro groups is 1. The van der Waals surface area contributed by atoms with Crippen molar-refractivity contribution in [2.24, 2.45) is 0 Å². The molecule has 0 aliphatic heterocycles. The molecule has 3 aromatic rings. The fraction of sp³-hybridized carbons (Fsp3) is 0.211. The number of benzene rings is 2. The third-order valence-electron chi connectivity index (χ3n) is 3.98. The van der Waals surface area contributed by atoms with E-state index in [0.29, 0.717) is 6.54 Å². The summed E-state index contributed by atoms with van der Waals surface area (Å²) in [5, 5.41) is 16.8. The van der Waals surface area contributed by atoms with Gasteiger partial charge in [0.25, 0.3) is 5.69 Å². The summed E-state index contributed by atoms with van der Waals surface area (Å²) in [5.41, 5.74) is 1.30. The van der Waals surface area contributed by atoms with E-state index in [2.05, 4.69) is 22.8 Å². The Balaban J connectivity index is 1.50. The first-order valence-electron chi connectivity index (χ1n) is 8.18. The largest absolute Gasteiger partial charge is 0.355 e. The molecule has 3 rings (SSSR count). The second-order valence-corrected chi connectivity index (χ2v) is 8.13. The number of amides is 1. The highest BCUT2D eigenvalue weighted by Crippen LogP contribution is 2.27. The van der Waals surface area contributed by atoms with Crippen molar-refractivity contribution in [1.29, 1.82) is 0 Å². The normalized spacial score (nSPS) is 12.0. The van der Waals surface area contributed by atoms with Crippen LogP contribution in [0.4, 0.5) is 5.69 Å². The number of rotatable bonds is 7. The number of nitrogens with zero attached hydrogens (tertiary/aromatic N) is 1. The Morgan fingerprint density at radius 3 is 2.69 bits per heavy atom. The van der Waals surface area contributed by atoms with Crippen LogP contribution in [0.5, 0.6) is 0 Å². The van der Waals surface area contributed by atoms with Crippen molar-refractivity contribution in [3.63, 3.8) is 0 Å². The lowest BCUT2D eigenvalue weighted by Gasteiger charge is -2.12. The summed E-state index contributed by atoms with van der Waals surface area (Å²) < 4.78 is 1.26. The number of thiophene rings is 1. The van der Waals surface area contributed by atoms with E-state index < -0.39 is 4.92 Å². The summed E-state index contributed by atoms with van der Waals surface area (Å²) in [7, 11) is 0. The molecule has 5 nitrogen and oxygen atoms in total. The molecule has 1 N–H and O–H groups in total. The molecule has 26 heavy (non-hydrogen) atoms. The Kier molecular flexibility index (Phi) is 5.90. The number of non-ortho nitro benzene ring substituents is 1. The first kappa shape index (κ1) is 18.4. The molecule has 0 spiro atoms. The van der Waals surface area contributed by atoms with Gasteiger partial charge < -0.3 is 5.32 Å². The molecule has 134 valence electrons. The summed E-state index contributed by atoms with van der Waals surface area (Å²) in [6, 6.07) is 14.5. The van der Waals surface area contributed by atoms with Crippen molar-refractivity contribution in [2.75, 3.05) is 6.54 Å². The van der Waals surface area contributed by atoms with Crippen LogP contribution >= 0.6 is 23.1 Å². The van der Waals surface area contributed by atoms with Gasteiger partial charge in [-0.2, -0.15) is 0 Å². The number of nitro benzene ring substituents is 1. The minimum absolute atomic E-state index is 0.0344. The minimum atomic E-state index is -0.432. The van der Waals surface area contributed by atoms with Crippen LogP contribution in [-0.4, -0.2) is 22.6 Å². The number of hydrogen-bond acceptors (Lipinski definition) is 5. The van der Waals surface area contributed by atoms with Crippen LogP contribution in [0.15, 0.2) is 58.8 Å². The maximum Gasteiger partial charge on any atom is 0.269 e. The van der Waals surface area contributed by atoms with Gasteiger partial charge in [0.15, 0.2) is 0 Å². The molecule has 1 heterocycles. The predicted molar refractivity (Wildman–Crippen MR) is 107 cm³/mol. The molecule has 0 aliphatic rings. The number of carbonyl (C=O) groups is 1. The highest BCUT2D eigenvalue weighted by molar-refractivity contribution is 8.00. The van der Waals surface area contributed by atoms with E-state index in [1.165, 1.54) is 39.5 Å². The first-order chi connectivity index (χ1) is 12.5. The zero-order valence-electron chi connectivity index (χ0n) is 14.2. The highest BCUT2D eigenvalue weighted by Gasteiger charge is 2.15. The van der Waals surface area contributed by atoms with E-state index in [-0.39, 0.29) is 16.8 Å². The van der Waals surface area contributed by atoms with Gasteiger partial charge in [0.05, 0.1) is 10.2 Å². The second kappa shape index (κ2) is 8.33. The van der Waals surface area contributed by atoms with Gasteiger partial charge in [-0.15, -0.1) is 23.1 Å². The number of carbonyl (C=O) groups excluding carboxylic acids is 1. The van der Waals surface area contributed by atoms with Gasteiger partial charge in [-0.25, -0.2) is 0 Å². The molecule has 1 atom stereocenters. The molecule has 0 saturated carbocycles. The number of nitrogens with one attached hydrogen (secondary N) is 1. The Bertz CT molecular complexity index is 922. The molecule has 0 radical (unpaired) electrons. The Hall–Kier alpha value is -2.38. The average molecular weight is 386 g/mol. The Morgan fingerprint density at radius 2 is 1.96 bits per heavy atom. The van der Waals surface area contributed by atoms with Crippen LogP contribution in [0, 0.1) is 10.1 Å². The molecular formula is C19H18N2O3S2. The topological polar surface area (TPSA) is 72.2 Å². The minimum Gasteiger partial charge on any atom is -0.355 e. The van der Waals surface area contributed by atoms with Crippen LogP contribution in [0.3, 0.4) is 0 Å². The van der Waals surface area contributed by atoms with Crippen molar-refractivity contribution in [2.45, 2.75) is 23.5 Å². The van der Waals surface area contributed by atoms with Gasteiger partial charge >= 0.3 is 0 Å². The fourth-order valence-corrected chi connectivity index (χ4v) is 4.48. The van der Waals surface area contributed by atoms with E-state index in [1.54, 1.807) is 23.5 Å². The van der Waals surface area contributed by atoms with Gasteiger partial charge in [0.2, 0.25) is 5.91 Å². The molecule has 0 bridgehead atoms. The van der Waals surface area contributed by atoms with Gasteiger partial charge in [-0.3, -0.25) is 14.9 Å². The summed E-state index contributed by atoms with van der Waals surface area (Å²) in [6.07, 6.45) is 0.796. The van der Waals surface area contributed by atoms with E-state index in [4.69, 9.17) is 0 Å². The maximum absolute atomic E-state index is 12.3. The van der Waals surface area contributed by atoms with Crippen LogP contribution in [0.1, 0.15) is 12.5 Å². The van der Waals surface area contributed by atoms with Gasteiger partial charge in [0.1, 0.15) is 0 Å². The summed E-state index contributed by atoms with van der Waals surface area (Å²) in [4.78, 5) is 23.4. The third kappa shape index (κ3) is 4.42. The number of hydrogen-bond donors (Lipinski definition) is 1. The molecule has 1 amide bonds. The predicted octanol–water partition coefficient (Wildman–Crippen LogP) is 4.65. The smallest absolute Gasteiger partial charge is 0.269 e. The van der Waals surface area contributed by atoms with Crippen LogP contribution in [-0.2, 0) is 11.2 Å². The lowest BCUT2D eigenvalue weighted by atomic mass is 10.1. The number of thioether (sulfide) groups is 1. The van der Waals surface area contributed by atoms with Crippen molar-refractivity contribution in [3.05, 3.63) is 69.6 Å². The molecule has 1 unspecified atom stereocenters. The molecule has 1 aromatic heterocycles. The van der Waals surface area contributed by atoms with Crippen LogP contribution < -0.4 is 5.32 Å². The van der Waals surface area contributed by atoms with E-state index >= 15 is 0 Å². The summed E-state index contributed by atoms with van der Waals surface area (Å²) >= 11 is 3.11. The molecule has 0 fully saturated rings. The van der Waals surface area contributed by atoms with E-state index in [0.717, 1.165) is 11.3 Å². The van der Waals surface area contributed by atoms with E-state index in [9.17, 15) is 14.9 Å². The standard InChI is InChI=1S/C19H18N2O3S2/c1-13(26-16-8-6-15(7-9-16)21(23)24)19(22)20-11-10-14-12-25-18-5-3-2-4-17(14)18/h2-9,12-13H,10-11H2,1H3,(H,20,22). The molecule has 0 saturated heterocycles. The second-order valence-electron chi connectivity index (χ2n) is 5.81. The van der Waals surface area contributed by atoms with Crippen molar-refractivity contribution >= 4 is 44.8 Å². The summed E-state index contributed by atoms with van der Waals surface area (Å²) in [5.74, 6) is -0.0344. The fourth-order valence-electron chi connectivity index (χ4n) is 2.59. The third-order valence-corrected chi connectivity index (χ3v) is 6.11. The lowest BCUT2D eigenvalue weighted by molar-refractivity contribution is -0.384. The van der Waals surface area contributed by atoms with Gasteiger partial charge in [-0.1, -0.05) is 18.2 Å². The quantitative estimate of drug-likeness (QED) is 0.364. The Morgan fingerprint density at radius 1 is 1.23 bits per heavy atom. The monoisotopic (exact) mass is 386 g/mol. The first-order valence-corrected chi connectivity index (χ1v) is 9.94. The van der Waals surface area contributed by atoms with Gasteiger partial charge in [-0.05, 0) is 47.9 Å². The summed E-state index contributed by atoms with van der Waals surface area (Å²) in [6.45, 7) is 2.42. The molecule has 0 aliphatic carbocycles. The maximum atomic E-state index is 12.3. The van der Waals surface area contributed by atoms with Crippen molar-refractivity contribution < 1.29 is 9.72 Å². The zero-order valence-corrected chi connectivity index (χ0v) is 15.8. The Labute approximate surface area is 159 Å². The van der Waals surface area contributed by atoms with E-state index in [1.807, 2.05) is 19.1 Å². The van der Waals surface area contributed by atoms with Crippen LogP contribution in [0.2, 0.25) is 0 Å².